The summed E-state index contributed by atoms with van der Waals surface area (Å²) in [4.78, 5) is 17.9. The smallest absolute Gasteiger partial charge is 0.254 e. The van der Waals surface area contributed by atoms with Crippen LogP contribution in [0.25, 0.3) is 0 Å². The summed E-state index contributed by atoms with van der Waals surface area (Å²) in [6, 6.07) is 1.38. The van der Waals surface area contributed by atoms with E-state index >= 15 is 0 Å². The predicted octanol–water partition coefficient (Wildman–Crippen LogP) is 1.06. The van der Waals surface area contributed by atoms with Crippen molar-refractivity contribution in [1.82, 2.24) is 15.2 Å². The van der Waals surface area contributed by atoms with Gasteiger partial charge in [-0.25, -0.2) is 4.39 Å². The Morgan fingerprint density at radius 2 is 2.20 bits per heavy atom. The maximum atomic E-state index is 13.5. The minimum absolute atomic E-state index is 0.0257. The fourth-order valence-electron chi connectivity index (χ4n) is 2.23. The Morgan fingerprint density at radius 3 is 2.85 bits per heavy atom. The van der Waals surface area contributed by atoms with Crippen molar-refractivity contribution < 1.29 is 13.9 Å². The van der Waals surface area contributed by atoms with Crippen LogP contribution in [0.5, 0.6) is 0 Å². The number of nitrogens with one attached hydrogen (secondary N) is 1. The zero-order valence-electron chi connectivity index (χ0n) is 11.9. The van der Waals surface area contributed by atoms with E-state index in [0.717, 1.165) is 19.3 Å². The van der Waals surface area contributed by atoms with Gasteiger partial charge in [0, 0.05) is 31.4 Å². The molecule has 1 aliphatic heterocycles. The van der Waals surface area contributed by atoms with Crippen molar-refractivity contribution in [2.24, 2.45) is 0 Å². The van der Waals surface area contributed by atoms with E-state index in [9.17, 15) is 9.18 Å². The first kappa shape index (κ1) is 14.9. The molecule has 1 N–H and O–H groups in total. The number of carbonyl (C=O) groups is 1. The van der Waals surface area contributed by atoms with Gasteiger partial charge in [-0.1, -0.05) is 0 Å². The molecular formula is C14H20FN3O2. The van der Waals surface area contributed by atoms with Crippen molar-refractivity contribution in [3.8, 4) is 0 Å². The van der Waals surface area contributed by atoms with Crippen LogP contribution in [0.2, 0.25) is 0 Å². The first-order chi connectivity index (χ1) is 9.50. The van der Waals surface area contributed by atoms with Crippen LogP contribution in [0.1, 0.15) is 24.2 Å². The molecule has 110 valence electrons. The molecule has 0 saturated carbocycles. The Morgan fingerprint density at radius 1 is 1.50 bits per heavy atom. The van der Waals surface area contributed by atoms with Gasteiger partial charge in [-0.05, 0) is 19.9 Å². The molecule has 0 spiro atoms. The summed E-state index contributed by atoms with van der Waals surface area (Å²) in [6.45, 7) is 7.66. The normalized spacial score (nSPS) is 16.9. The molecule has 0 bridgehead atoms. The van der Waals surface area contributed by atoms with Crippen molar-refractivity contribution in [2.45, 2.75) is 19.4 Å². The fourth-order valence-corrected chi connectivity index (χ4v) is 2.23. The van der Waals surface area contributed by atoms with E-state index in [4.69, 9.17) is 4.74 Å². The maximum absolute atomic E-state index is 13.5. The Balaban J connectivity index is 1.94. The molecule has 6 heteroatoms. The van der Waals surface area contributed by atoms with Crippen LogP contribution >= 0.6 is 0 Å². The molecule has 5 nitrogen and oxygen atoms in total. The fraction of sp³-hybridized carbons (Fsp3) is 0.571. The second-order valence-electron chi connectivity index (χ2n) is 5.45. The number of rotatable bonds is 4. The van der Waals surface area contributed by atoms with Crippen LogP contribution in [0, 0.1) is 5.82 Å². The number of hydrogen-bond donors (Lipinski definition) is 1. The van der Waals surface area contributed by atoms with Gasteiger partial charge in [-0.2, -0.15) is 0 Å². The number of hydrogen-bond acceptors (Lipinski definition) is 4. The van der Waals surface area contributed by atoms with Crippen LogP contribution in [0.3, 0.4) is 0 Å². The van der Waals surface area contributed by atoms with E-state index in [2.05, 4.69) is 29.0 Å². The molecule has 1 saturated heterocycles. The number of pyridine rings is 1. The minimum Gasteiger partial charge on any atom is -0.379 e. The lowest BCUT2D eigenvalue weighted by Gasteiger charge is -2.40. The monoisotopic (exact) mass is 281 g/mol. The van der Waals surface area contributed by atoms with Gasteiger partial charge in [0.2, 0.25) is 0 Å². The van der Waals surface area contributed by atoms with Crippen LogP contribution in [-0.2, 0) is 4.74 Å². The first-order valence-electron chi connectivity index (χ1n) is 6.71. The number of amides is 1. The average molecular weight is 281 g/mol. The molecule has 1 amide bonds. The highest BCUT2D eigenvalue weighted by atomic mass is 19.1. The van der Waals surface area contributed by atoms with E-state index < -0.39 is 11.7 Å². The van der Waals surface area contributed by atoms with Crippen molar-refractivity contribution in [3.05, 3.63) is 29.8 Å². The van der Waals surface area contributed by atoms with Gasteiger partial charge in [0.05, 0.1) is 25.0 Å². The standard InChI is InChI=1S/C14H20FN3O2/c1-14(2,18-5-7-20-8-6-18)10-17-13(19)11-3-4-16-9-12(11)15/h3-4,9H,5-8,10H2,1-2H3,(H,17,19). The molecule has 1 aliphatic rings. The summed E-state index contributed by atoms with van der Waals surface area (Å²) in [5.41, 5.74) is -0.166. The second kappa shape index (κ2) is 6.28. The predicted molar refractivity (Wildman–Crippen MR) is 73.0 cm³/mol. The van der Waals surface area contributed by atoms with Gasteiger partial charge in [0.15, 0.2) is 5.82 Å². The van der Waals surface area contributed by atoms with Gasteiger partial charge in [-0.15, -0.1) is 0 Å². The molecule has 0 radical (unpaired) electrons. The molecule has 20 heavy (non-hydrogen) atoms. The number of morpholine rings is 1. The summed E-state index contributed by atoms with van der Waals surface area (Å²) < 4.78 is 18.8. The quantitative estimate of drug-likeness (QED) is 0.896. The van der Waals surface area contributed by atoms with E-state index in [0.29, 0.717) is 19.8 Å². The Bertz CT molecular complexity index is 473. The van der Waals surface area contributed by atoms with Gasteiger partial charge < -0.3 is 10.1 Å². The molecule has 1 fully saturated rings. The molecule has 1 aromatic rings. The van der Waals surface area contributed by atoms with E-state index in [-0.39, 0.29) is 11.1 Å². The Labute approximate surface area is 118 Å². The zero-order valence-corrected chi connectivity index (χ0v) is 11.9. The third-order valence-corrected chi connectivity index (χ3v) is 3.57. The highest BCUT2D eigenvalue weighted by Gasteiger charge is 2.28. The maximum Gasteiger partial charge on any atom is 0.254 e. The molecular weight excluding hydrogens is 261 g/mol. The van der Waals surface area contributed by atoms with Crippen molar-refractivity contribution in [3.63, 3.8) is 0 Å². The van der Waals surface area contributed by atoms with Crippen LogP contribution in [-0.4, -0.2) is 54.2 Å². The lowest BCUT2D eigenvalue weighted by Crippen LogP contribution is -2.55. The Kier molecular flexibility index (Phi) is 4.67. The zero-order chi connectivity index (χ0) is 14.6. The van der Waals surface area contributed by atoms with Crippen molar-refractivity contribution in [2.75, 3.05) is 32.8 Å². The number of aromatic nitrogens is 1. The molecule has 0 unspecified atom stereocenters. The highest BCUT2D eigenvalue weighted by Crippen LogP contribution is 2.15. The number of carbonyl (C=O) groups excluding carboxylic acids is 1. The Hall–Kier alpha value is -1.53. The van der Waals surface area contributed by atoms with Crippen LogP contribution < -0.4 is 5.32 Å². The van der Waals surface area contributed by atoms with Crippen molar-refractivity contribution in [1.29, 1.82) is 0 Å². The third-order valence-electron chi connectivity index (χ3n) is 3.57. The van der Waals surface area contributed by atoms with Gasteiger partial charge >= 0.3 is 0 Å². The van der Waals surface area contributed by atoms with Crippen LogP contribution in [0.4, 0.5) is 4.39 Å². The number of halogens is 1. The topological polar surface area (TPSA) is 54.5 Å². The average Bonchev–Trinajstić information content (AvgIpc) is 2.46. The second-order valence-corrected chi connectivity index (χ2v) is 5.45. The SMILES string of the molecule is CC(C)(CNC(=O)c1ccncc1F)N1CCOCC1. The highest BCUT2D eigenvalue weighted by molar-refractivity contribution is 5.94. The third kappa shape index (κ3) is 3.52. The summed E-state index contributed by atoms with van der Waals surface area (Å²) in [5, 5.41) is 2.79. The summed E-state index contributed by atoms with van der Waals surface area (Å²) >= 11 is 0. The summed E-state index contributed by atoms with van der Waals surface area (Å²) in [7, 11) is 0. The van der Waals surface area contributed by atoms with E-state index in [1.165, 1.54) is 12.3 Å². The molecule has 2 heterocycles. The molecule has 2 rings (SSSR count). The minimum atomic E-state index is -0.603. The van der Waals surface area contributed by atoms with Gasteiger partial charge in [0.1, 0.15) is 0 Å². The molecule has 1 aromatic heterocycles. The summed E-state index contributed by atoms with van der Waals surface area (Å²) in [5.74, 6) is -1.01. The van der Waals surface area contributed by atoms with Crippen LogP contribution in [0.15, 0.2) is 18.5 Å². The largest absolute Gasteiger partial charge is 0.379 e. The summed E-state index contributed by atoms with van der Waals surface area (Å²) in [6.07, 6.45) is 2.45. The lowest BCUT2D eigenvalue weighted by molar-refractivity contribution is -0.00924. The lowest BCUT2D eigenvalue weighted by atomic mass is 10.0. The van der Waals surface area contributed by atoms with Gasteiger partial charge in [-0.3, -0.25) is 14.7 Å². The number of nitrogens with zero attached hydrogens (tertiary/aromatic N) is 2. The molecule has 0 aliphatic carbocycles. The first-order valence-corrected chi connectivity index (χ1v) is 6.71. The van der Waals surface area contributed by atoms with E-state index in [1.807, 2.05) is 0 Å². The molecule has 0 aromatic carbocycles. The molecule has 0 atom stereocenters. The van der Waals surface area contributed by atoms with E-state index in [1.54, 1.807) is 0 Å². The van der Waals surface area contributed by atoms with Gasteiger partial charge in [0.25, 0.3) is 5.91 Å². The van der Waals surface area contributed by atoms with Crippen molar-refractivity contribution >= 4 is 5.91 Å². The number of ether oxygens (including phenoxy) is 1.